The lowest BCUT2D eigenvalue weighted by atomic mass is 9.71. The minimum atomic E-state index is -0.280. The van der Waals surface area contributed by atoms with Crippen LogP contribution >= 0.6 is 0 Å². The normalized spacial score (nSPS) is 19.4. The number of anilines is 1. The Morgan fingerprint density at radius 1 is 0.971 bits per heavy atom. The van der Waals surface area contributed by atoms with Crippen LogP contribution < -0.4 is 10.1 Å². The Morgan fingerprint density at radius 2 is 1.82 bits per heavy atom. The highest BCUT2D eigenvalue weighted by Crippen LogP contribution is 2.50. The summed E-state index contributed by atoms with van der Waals surface area (Å²) in [7, 11) is 1.54. The fraction of sp³-hybridized carbons (Fsp3) is 0.172. The van der Waals surface area contributed by atoms with Gasteiger partial charge in [0.05, 0.1) is 12.6 Å². The highest BCUT2D eigenvalue weighted by molar-refractivity contribution is 6.04. The minimum absolute atomic E-state index is 0.0771. The second-order valence-electron chi connectivity index (χ2n) is 8.92. The third kappa shape index (κ3) is 3.24. The molecule has 5 heteroatoms. The lowest BCUT2D eigenvalue weighted by Gasteiger charge is -2.37. The van der Waals surface area contributed by atoms with Gasteiger partial charge in [0.1, 0.15) is 0 Å². The van der Waals surface area contributed by atoms with Gasteiger partial charge >= 0.3 is 0 Å². The van der Waals surface area contributed by atoms with Crippen molar-refractivity contribution in [1.82, 2.24) is 4.98 Å². The topological polar surface area (TPSA) is 71.5 Å². The van der Waals surface area contributed by atoms with Crippen molar-refractivity contribution in [1.29, 1.82) is 0 Å². The Labute approximate surface area is 197 Å². The molecule has 6 rings (SSSR count). The first-order valence-electron chi connectivity index (χ1n) is 11.5. The van der Waals surface area contributed by atoms with Gasteiger partial charge in [-0.3, -0.25) is 9.78 Å². The van der Waals surface area contributed by atoms with E-state index in [0.29, 0.717) is 12.2 Å². The minimum Gasteiger partial charge on any atom is -0.504 e. The molecule has 0 spiro atoms. The number of phenols is 1. The molecule has 2 atom stereocenters. The first-order valence-corrected chi connectivity index (χ1v) is 11.5. The molecule has 168 valence electrons. The second kappa shape index (κ2) is 8.03. The highest BCUT2D eigenvalue weighted by atomic mass is 16.5. The molecule has 5 nitrogen and oxygen atoms in total. The first kappa shape index (κ1) is 20.5. The number of nitrogens with one attached hydrogen (secondary N) is 1. The number of benzene rings is 3. The van der Waals surface area contributed by atoms with Crippen LogP contribution in [0.5, 0.6) is 11.5 Å². The maximum Gasteiger partial charge on any atom is 0.162 e. The molecule has 1 aliphatic carbocycles. The Balaban J connectivity index is 1.57. The van der Waals surface area contributed by atoms with Crippen molar-refractivity contribution in [3.05, 3.63) is 107 Å². The summed E-state index contributed by atoms with van der Waals surface area (Å²) in [6.07, 6.45) is 3.01. The first-order chi connectivity index (χ1) is 16.6. The number of aromatic nitrogens is 1. The summed E-state index contributed by atoms with van der Waals surface area (Å²) >= 11 is 0. The standard InChI is InChI=1S/C29H24N2O3/c1-34-26-16-18(9-12-24(26)32)27-28-20-8-5-13-30-21(20)10-11-22(28)31-23-14-19(15-25(33)29(23)27)17-6-3-2-4-7-17/h2-13,16,19,27,31-32H,14-15H2,1H3/t19-,27+/m0/s1. The SMILES string of the molecule is COc1cc([C@H]2C3=C(C[C@H](c4ccccc4)CC3=O)Nc3ccc4ncccc4c32)ccc1O. The van der Waals surface area contributed by atoms with Gasteiger partial charge in [0.2, 0.25) is 0 Å². The number of hydrogen-bond donors (Lipinski definition) is 2. The molecular weight excluding hydrogens is 424 g/mol. The zero-order chi connectivity index (χ0) is 23.2. The number of pyridine rings is 1. The zero-order valence-electron chi connectivity index (χ0n) is 18.8. The summed E-state index contributed by atoms with van der Waals surface area (Å²) in [6.45, 7) is 0. The summed E-state index contributed by atoms with van der Waals surface area (Å²) in [5.41, 5.74) is 6.75. The van der Waals surface area contributed by atoms with Gasteiger partial charge in [0.15, 0.2) is 17.3 Å². The van der Waals surface area contributed by atoms with Gasteiger partial charge in [0.25, 0.3) is 0 Å². The smallest absolute Gasteiger partial charge is 0.162 e. The van der Waals surface area contributed by atoms with Crippen LogP contribution in [-0.2, 0) is 4.79 Å². The average Bonchev–Trinajstić information content (AvgIpc) is 2.88. The second-order valence-corrected chi connectivity index (χ2v) is 8.92. The largest absolute Gasteiger partial charge is 0.504 e. The number of nitrogens with zero attached hydrogens (tertiary/aromatic N) is 1. The van der Waals surface area contributed by atoms with E-state index >= 15 is 0 Å². The number of ketones is 1. The third-order valence-corrected chi connectivity index (χ3v) is 7.01. The Bertz CT molecular complexity index is 1460. The van der Waals surface area contributed by atoms with Gasteiger partial charge in [-0.25, -0.2) is 0 Å². The van der Waals surface area contributed by atoms with Crippen LogP contribution in [0.2, 0.25) is 0 Å². The summed E-state index contributed by atoms with van der Waals surface area (Å²) in [4.78, 5) is 18.3. The van der Waals surface area contributed by atoms with Gasteiger partial charge < -0.3 is 15.2 Å². The quantitative estimate of drug-likeness (QED) is 0.408. The van der Waals surface area contributed by atoms with Crippen LogP contribution in [0, 0.1) is 0 Å². The predicted molar refractivity (Wildman–Crippen MR) is 132 cm³/mol. The Morgan fingerprint density at radius 3 is 2.65 bits per heavy atom. The Kier molecular flexibility index (Phi) is 4.84. The van der Waals surface area contributed by atoms with E-state index in [9.17, 15) is 9.90 Å². The van der Waals surface area contributed by atoms with Crippen molar-refractivity contribution in [3.63, 3.8) is 0 Å². The van der Waals surface area contributed by atoms with Crippen molar-refractivity contribution in [2.24, 2.45) is 0 Å². The molecule has 0 saturated heterocycles. The molecule has 34 heavy (non-hydrogen) atoms. The van der Waals surface area contributed by atoms with Crippen LogP contribution in [0.15, 0.2) is 90.3 Å². The monoisotopic (exact) mass is 448 g/mol. The number of methoxy groups -OCH3 is 1. The molecule has 2 heterocycles. The predicted octanol–water partition coefficient (Wildman–Crippen LogP) is 5.91. The summed E-state index contributed by atoms with van der Waals surface area (Å²) in [5, 5.41) is 14.8. The maximum absolute atomic E-state index is 13.8. The fourth-order valence-electron chi connectivity index (χ4n) is 5.45. The molecule has 0 bridgehead atoms. The number of Topliss-reactive ketones (excluding diaryl/α,β-unsaturated/α-hetero) is 1. The van der Waals surface area contributed by atoms with E-state index in [1.54, 1.807) is 12.3 Å². The number of allylic oxidation sites excluding steroid dienone is 2. The molecule has 3 aromatic carbocycles. The number of carbonyl (C=O) groups excluding carboxylic acids is 1. The average molecular weight is 449 g/mol. The zero-order valence-corrected chi connectivity index (χ0v) is 18.8. The molecule has 2 N–H and O–H groups in total. The molecular formula is C29H24N2O3. The Hall–Kier alpha value is -4.12. The number of carbonyl (C=O) groups is 1. The molecule has 0 amide bonds. The number of ether oxygens (including phenoxy) is 1. The summed E-state index contributed by atoms with van der Waals surface area (Å²) < 4.78 is 5.41. The molecule has 0 saturated carbocycles. The lowest BCUT2D eigenvalue weighted by molar-refractivity contribution is -0.116. The van der Waals surface area contributed by atoms with Crippen molar-refractivity contribution < 1.29 is 14.6 Å². The fourth-order valence-corrected chi connectivity index (χ4v) is 5.45. The van der Waals surface area contributed by atoms with E-state index in [1.807, 2.05) is 42.5 Å². The van der Waals surface area contributed by atoms with Crippen LogP contribution in [0.3, 0.4) is 0 Å². The summed E-state index contributed by atoms with van der Waals surface area (Å²) in [6, 6.07) is 23.7. The van der Waals surface area contributed by atoms with Gasteiger partial charge in [-0.2, -0.15) is 0 Å². The van der Waals surface area contributed by atoms with E-state index < -0.39 is 0 Å². The number of aromatic hydroxyl groups is 1. The molecule has 1 aliphatic heterocycles. The molecule has 0 fully saturated rings. The molecule has 2 aliphatic rings. The maximum atomic E-state index is 13.8. The third-order valence-electron chi connectivity index (χ3n) is 7.01. The van der Waals surface area contributed by atoms with Crippen LogP contribution in [-0.4, -0.2) is 23.0 Å². The van der Waals surface area contributed by atoms with Gasteiger partial charge in [-0.1, -0.05) is 42.5 Å². The van der Waals surface area contributed by atoms with Crippen molar-refractivity contribution in [2.75, 3.05) is 12.4 Å². The molecule has 0 unspecified atom stereocenters. The van der Waals surface area contributed by atoms with E-state index in [4.69, 9.17) is 4.74 Å². The molecule has 1 aromatic heterocycles. The lowest BCUT2D eigenvalue weighted by Crippen LogP contribution is -2.30. The van der Waals surface area contributed by atoms with E-state index in [0.717, 1.165) is 45.4 Å². The highest BCUT2D eigenvalue weighted by Gasteiger charge is 2.39. The summed E-state index contributed by atoms with van der Waals surface area (Å²) in [5.74, 6) is 0.472. The van der Waals surface area contributed by atoms with Crippen LogP contribution in [0.25, 0.3) is 10.9 Å². The van der Waals surface area contributed by atoms with Crippen molar-refractivity contribution in [2.45, 2.75) is 24.7 Å². The number of hydrogen-bond acceptors (Lipinski definition) is 5. The van der Waals surface area contributed by atoms with Gasteiger partial charge in [-0.05, 0) is 59.4 Å². The van der Waals surface area contributed by atoms with E-state index in [1.165, 1.54) is 12.7 Å². The molecule has 4 aromatic rings. The van der Waals surface area contributed by atoms with Crippen LogP contribution in [0.4, 0.5) is 5.69 Å². The van der Waals surface area contributed by atoms with Crippen molar-refractivity contribution >= 4 is 22.4 Å². The van der Waals surface area contributed by atoms with Crippen LogP contribution in [0.1, 0.15) is 41.4 Å². The van der Waals surface area contributed by atoms with E-state index in [2.05, 4.69) is 34.6 Å². The molecule has 0 radical (unpaired) electrons. The van der Waals surface area contributed by atoms with E-state index in [-0.39, 0.29) is 23.4 Å². The number of phenolic OH excluding ortho intramolecular Hbond substituents is 1. The number of rotatable bonds is 3. The number of fused-ring (bicyclic) bond motifs is 3. The van der Waals surface area contributed by atoms with Gasteiger partial charge in [-0.15, -0.1) is 0 Å². The van der Waals surface area contributed by atoms with Gasteiger partial charge in [0, 0.05) is 40.9 Å². The van der Waals surface area contributed by atoms with Crippen molar-refractivity contribution in [3.8, 4) is 11.5 Å².